The molecule has 4 atom stereocenters. The monoisotopic (exact) mass is 371 g/mol. The highest BCUT2D eigenvalue weighted by molar-refractivity contribution is 6.06. The van der Waals surface area contributed by atoms with Crippen molar-refractivity contribution in [2.75, 3.05) is 7.11 Å². The number of hydrogen-bond acceptors (Lipinski definition) is 7. The van der Waals surface area contributed by atoms with Crippen molar-refractivity contribution >= 4 is 23.7 Å². The Hall–Kier alpha value is -3.23. The summed E-state index contributed by atoms with van der Waals surface area (Å²) in [5, 5.41) is 25.8. The first kappa shape index (κ1) is 17.2. The lowest BCUT2D eigenvalue weighted by molar-refractivity contribution is -0.386. The number of benzene rings is 1. The van der Waals surface area contributed by atoms with Gasteiger partial charge in [-0.15, -0.1) is 0 Å². The Bertz CT molecular complexity index is 877. The minimum absolute atomic E-state index is 0.0616. The summed E-state index contributed by atoms with van der Waals surface area (Å²) in [6, 6.07) is 2.44. The number of ether oxygens (including phenoxy) is 1. The molecule has 1 aromatic rings. The van der Waals surface area contributed by atoms with Gasteiger partial charge in [-0.05, 0) is 30.7 Å². The van der Waals surface area contributed by atoms with Gasteiger partial charge in [-0.25, -0.2) is 0 Å². The average molecular weight is 371 g/mol. The number of allylic oxidation sites excluding steroid dienone is 2. The van der Waals surface area contributed by atoms with Crippen LogP contribution in [0.3, 0.4) is 0 Å². The molecule has 1 aliphatic heterocycles. The number of methoxy groups -OCH3 is 1. The molecule has 2 fully saturated rings. The number of amides is 2. The summed E-state index contributed by atoms with van der Waals surface area (Å²) in [5.41, 5.74) is -0.321. The molecule has 0 spiro atoms. The third-order valence-electron chi connectivity index (χ3n) is 5.55. The van der Waals surface area contributed by atoms with Crippen LogP contribution in [0.25, 0.3) is 0 Å². The second kappa shape index (κ2) is 6.19. The standard InChI is InChI=1S/C18H17N3O6/c1-27-13-7-9(6-12(16(13)22)21(25)26)8-19-20-17(23)14-10-2-3-11(5-4-10)15(14)18(20)24/h2-3,6-8,10-11,14-15,22H,4-5H2,1H3/b19-8-/t10-,11-,14-,15+/m0/s1. The van der Waals surface area contributed by atoms with Crippen LogP contribution in [0.2, 0.25) is 0 Å². The first-order valence-electron chi connectivity index (χ1n) is 8.58. The van der Waals surface area contributed by atoms with Crippen LogP contribution in [0.5, 0.6) is 11.5 Å². The zero-order valence-corrected chi connectivity index (χ0v) is 14.4. The van der Waals surface area contributed by atoms with Crippen LogP contribution in [0, 0.1) is 33.8 Å². The molecule has 27 heavy (non-hydrogen) atoms. The maximum atomic E-state index is 12.7. The SMILES string of the molecule is COc1cc(/C=N\N2C(=O)[C@@H]3[C@H](C2=O)[C@H]2C=C[C@H]3CC2)cc([N+](=O)[O-])c1O. The maximum Gasteiger partial charge on any atom is 0.315 e. The molecule has 5 rings (SSSR count). The molecule has 2 amide bonds. The molecule has 1 N–H and O–H groups in total. The minimum Gasteiger partial charge on any atom is -0.500 e. The van der Waals surface area contributed by atoms with E-state index in [4.69, 9.17) is 4.74 Å². The van der Waals surface area contributed by atoms with E-state index in [1.54, 1.807) is 0 Å². The summed E-state index contributed by atoms with van der Waals surface area (Å²) in [6.07, 6.45) is 7.00. The van der Waals surface area contributed by atoms with Crippen molar-refractivity contribution in [1.82, 2.24) is 5.01 Å². The van der Waals surface area contributed by atoms with E-state index in [2.05, 4.69) is 5.10 Å². The molecule has 1 saturated carbocycles. The number of nitro benzene ring substituents is 1. The van der Waals surface area contributed by atoms with Crippen LogP contribution in [0.1, 0.15) is 18.4 Å². The summed E-state index contributed by atoms with van der Waals surface area (Å²) in [6.45, 7) is 0. The van der Waals surface area contributed by atoms with Crippen molar-refractivity contribution in [2.45, 2.75) is 12.8 Å². The smallest absolute Gasteiger partial charge is 0.315 e. The zero-order chi connectivity index (χ0) is 19.3. The normalized spacial score (nSPS) is 28.9. The van der Waals surface area contributed by atoms with Crippen molar-refractivity contribution in [3.05, 3.63) is 40.0 Å². The zero-order valence-electron chi connectivity index (χ0n) is 14.4. The fourth-order valence-electron chi connectivity index (χ4n) is 4.28. The number of phenolic OH excluding ortho intramolecular Hbond substituents is 1. The third-order valence-corrected chi connectivity index (χ3v) is 5.55. The van der Waals surface area contributed by atoms with Gasteiger partial charge in [-0.2, -0.15) is 10.1 Å². The van der Waals surface area contributed by atoms with Crippen LogP contribution in [0.4, 0.5) is 5.69 Å². The first-order valence-corrected chi connectivity index (χ1v) is 8.58. The molecule has 3 aliphatic carbocycles. The van der Waals surface area contributed by atoms with Crippen LogP contribution in [-0.4, -0.2) is 40.2 Å². The summed E-state index contributed by atoms with van der Waals surface area (Å²) in [5.74, 6) is -1.98. The molecule has 9 nitrogen and oxygen atoms in total. The Labute approximate surface area is 154 Å². The quantitative estimate of drug-likeness (QED) is 0.283. The number of aromatic hydroxyl groups is 1. The maximum absolute atomic E-state index is 12.7. The molecule has 2 bridgehead atoms. The number of rotatable bonds is 4. The second-order valence-corrected chi connectivity index (χ2v) is 6.92. The Kier molecular flexibility index (Phi) is 3.94. The third kappa shape index (κ3) is 2.57. The molecule has 1 saturated heterocycles. The number of imide groups is 1. The molecule has 140 valence electrons. The van der Waals surface area contributed by atoms with Gasteiger partial charge in [-0.3, -0.25) is 19.7 Å². The Morgan fingerprint density at radius 1 is 1.22 bits per heavy atom. The van der Waals surface area contributed by atoms with Gasteiger partial charge in [0, 0.05) is 11.6 Å². The van der Waals surface area contributed by atoms with Crippen LogP contribution in [-0.2, 0) is 9.59 Å². The lowest BCUT2D eigenvalue weighted by Gasteiger charge is -2.37. The van der Waals surface area contributed by atoms with E-state index in [1.807, 2.05) is 12.2 Å². The Morgan fingerprint density at radius 2 is 1.81 bits per heavy atom. The van der Waals surface area contributed by atoms with Crippen molar-refractivity contribution in [3.8, 4) is 11.5 Å². The fourth-order valence-corrected chi connectivity index (χ4v) is 4.28. The van der Waals surface area contributed by atoms with Gasteiger partial charge < -0.3 is 9.84 Å². The lowest BCUT2D eigenvalue weighted by atomic mass is 9.63. The van der Waals surface area contributed by atoms with E-state index in [-0.39, 0.29) is 46.8 Å². The van der Waals surface area contributed by atoms with Gasteiger partial charge in [0.2, 0.25) is 5.75 Å². The number of hydrogen-bond donors (Lipinski definition) is 1. The van der Waals surface area contributed by atoms with Gasteiger partial charge in [0.15, 0.2) is 5.75 Å². The largest absolute Gasteiger partial charge is 0.500 e. The number of carbonyl (C=O) groups excluding carboxylic acids is 2. The van der Waals surface area contributed by atoms with Crippen molar-refractivity contribution in [2.24, 2.45) is 28.8 Å². The number of carbonyl (C=O) groups is 2. The van der Waals surface area contributed by atoms with E-state index in [0.29, 0.717) is 0 Å². The summed E-state index contributed by atoms with van der Waals surface area (Å²) < 4.78 is 4.93. The molecule has 1 heterocycles. The first-order chi connectivity index (χ1) is 12.9. The van der Waals surface area contributed by atoms with Gasteiger partial charge in [-0.1, -0.05) is 12.2 Å². The molecular formula is C18H17N3O6. The number of nitro groups is 1. The van der Waals surface area contributed by atoms with Gasteiger partial charge >= 0.3 is 5.69 Å². The summed E-state index contributed by atoms with van der Waals surface area (Å²) in [7, 11) is 1.26. The van der Waals surface area contributed by atoms with Gasteiger partial charge in [0.05, 0.1) is 30.1 Å². The molecule has 0 aromatic heterocycles. The van der Waals surface area contributed by atoms with E-state index in [9.17, 15) is 24.8 Å². The number of nitrogens with zero attached hydrogens (tertiary/aromatic N) is 3. The Morgan fingerprint density at radius 3 is 2.30 bits per heavy atom. The topological polar surface area (TPSA) is 122 Å². The summed E-state index contributed by atoms with van der Waals surface area (Å²) in [4.78, 5) is 35.7. The van der Waals surface area contributed by atoms with E-state index < -0.39 is 16.4 Å². The predicted molar refractivity (Wildman–Crippen MR) is 93.1 cm³/mol. The van der Waals surface area contributed by atoms with Crippen LogP contribution >= 0.6 is 0 Å². The number of hydrazone groups is 1. The van der Waals surface area contributed by atoms with E-state index >= 15 is 0 Å². The molecule has 4 aliphatic rings. The van der Waals surface area contributed by atoms with Crippen LogP contribution in [0.15, 0.2) is 29.4 Å². The highest BCUT2D eigenvalue weighted by Gasteiger charge is 2.56. The molecule has 9 heteroatoms. The van der Waals surface area contributed by atoms with E-state index in [0.717, 1.165) is 23.9 Å². The second-order valence-electron chi connectivity index (χ2n) is 6.92. The predicted octanol–water partition coefficient (Wildman–Crippen LogP) is 1.84. The minimum atomic E-state index is -0.751. The summed E-state index contributed by atoms with van der Waals surface area (Å²) >= 11 is 0. The highest BCUT2D eigenvalue weighted by atomic mass is 16.6. The number of fused-ring (bicyclic) bond motifs is 1. The van der Waals surface area contributed by atoms with E-state index in [1.165, 1.54) is 19.4 Å². The van der Waals surface area contributed by atoms with Gasteiger partial charge in [0.25, 0.3) is 11.8 Å². The highest BCUT2D eigenvalue weighted by Crippen LogP contribution is 2.49. The van der Waals surface area contributed by atoms with Crippen molar-refractivity contribution < 1.29 is 24.4 Å². The van der Waals surface area contributed by atoms with Crippen molar-refractivity contribution in [1.29, 1.82) is 0 Å². The Balaban J connectivity index is 1.64. The molecular weight excluding hydrogens is 354 g/mol. The molecule has 1 aromatic carbocycles. The van der Waals surface area contributed by atoms with Crippen LogP contribution < -0.4 is 4.74 Å². The average Bonchev–Trinajstić information content (AvgIpc) is 2.94. The lowest BCUT2D eigenvalue weighted by Crippen LogP contribution is -2.38. The molecule has 0 radical (unpaired) electrons. The van der Waals surface area contributed by atoms with Gasteiger partial charge in [0.1, 0.15) is 0 Å². The molecule has 0 unspecified atom stereocenters. The fraction of sp³-hybridized carbons (Fsp3) is 0.389. The van der Waals surface area contributed by atoms with Crippen molar-refractivity contribution in [3.63, 3.8) is 0 Å². The number of phenols is 1.